The van der Waals surface area contributed by atoms with E-state index in [9.17, 15) is 22.8 Å². The van der Waals surface area contributed by atoms with E-state index in [0.717, 1.165) is 24.4 Å². The fourth-order valence-electron chi connectivity index (χ4n) is 3.08. The SMILES string of the molecule is Cl.O=C(/C=C/c1cccc(C(F)(F)F)c1)N[C@@H]1CN[C@H](C(=O)N2CCSC2)C1. The lowest BCUT2D eigenvalue weighted by atomic mass is 10.1. The van der Waals surface area contributed by atoms with Crippen LogP contribution in [-0.2, 0) is 15.8 Å². The number of rotatable bonds is 4. The Hall–Kier alpha value is -1.71. The Morgan fingerprint density at radius 2 is 2.11 bits per heavy atom. The van der Waals surface area contributed by atoms with Gasteiger partial charge in [-0.15, -0.1) is 24.2 Å². The molecule has 0 bridgehead atoms. The van der Waals surface area contributed by atoms with E-state index in [4.69, 9.17) is 0 Å². The maximum absolute atomic E-state index is 12.7. The molecule has 0 aliphatic carbocycles. The fraction of sp³-hybridized carbons (Fsp3) is 0.444. The Morgan fingerprint density at radius 1 is 1.32 bits per heavy atom. The van der Waals surface area contributed by atoms with Gasteiger partial charge in [0.05, 0.1) is 17.5 Å². The highest BCUT2D eigenvalue weighted by atomic mass is 35.5. The molecular formula is C18H21ClF3N3O2S. The lowest BCUT2D eigenvalue weighted by molar-refractivity contribution is -0.137. The van der Waals surface area contributed by atoms with Gasteiger partial charge in [0, 0.05) is 31.0 Å². The second kappa shape index (κ2) is 9.67. The second-order valence-electron chi connectivity index (χ2n) is 6.50. The third-order valence-corrected chi connectivity index (χ3v) is 5.45. The predicted octanol–water partition coefficient (Wildman–Crippen LogP) is 2.52. The minimum absolute atomic E-state index is 0. The first-order valence-corrected chi connectivity index (χ1v) is 9.74. The summed E-state index contributed by atoms with van der Waals surface area (Å²) < 4.78 is 38.1. The number of halogens is 4. The van der Waals surface area contributed by atoms with Gasteiger partial charge in [0.15, 0.2) is 0 Å². The standard InChI is InChI=1S/C18H20F3N3O2S.ClH/c19-18(20,21)13-3-1-2-12(8-13)4-5-16(25)23-14-9-15(22-10-14)17(26)24-6-7-27-11-24;/h1-5,8,14-15,22H,6-7,9-11H2,(H,23,25);1H/b5-4+;/t14-,15-;/m0./s1. The monoisotopic (exact) mass is 435 g/mol. The Morgan fingerprint density at radius 3 is 2.79 bits per heavy atom. The zero-order chi connectivity index (χ0) is 19.4. The highest BCUT2D eigenvalue weighted by Crippen LogP contribution is 2.29. The van der Waals surface area contributed by atoms with Gasteiger partial charge in [-0.3, -0.25) is 9.59 Å². The highest BCUT2D eigenvalue weighted by molar-refractivity contribution is 7.99. The summed E-state index contributed by atoms with van der Waals surface area (Å²) in [6.07, 6.45) is -1.36. The van der Waals surface area contributed by atoms with E-state index in [-0.39, 0.29) is 30.4 Å². The van der Waals surface area contributed by atoms with Crippen molar-refractivity contribution in [3.63, 3.8) is 0 Å². The second-order valence-corrected chi connectivity index (χ2v) is 7.57. The largest absolute Gasteiger partial charge is 0.416 e. The van der Waals surface area contributed by atoms with Crippen LogP contribution in [0.1, 0.15) is 17.5 Å². The molecule has 2 atom stereocenters. The van der Waals surface area contributed by atoms with Crippen molar-refractivity contribution >= 4 is 42.1 Å². The molecule has 1 aromatic carbocycles. The number of nitrogens with one attached hydrogen (secondary N) is 2. The first-order chi connectivity index (χ1) is 12.8. The van der Waals surface area contributed by atoms with Crippen LogP contribution in [-0.4, -0.2) is 53.5 Å². The van der Waals surface area contributed by atoms with Crippen molar-refractivity contribution in [2.75, 3.05) is 24.7 Å². The molecule has 1 aromatic rings. The molecule has 0 radical (unpaired) electrons. The molecule has 2 aliphatic rings. The Labute approximate surface area is 171 Å². The molecule has 10 heteroatoms. The third kappa shape index (κ3) is 5.89. The molecule has 5 nitrogen and oxygen atoms in total. The lowest BCUT2D eigenvalue weighted by Crippen LogP contribution is -2.42. The summed E-state index contributed by atoms with van der Waals surface area (Å²) in [5.41, 5.74) is -0.462. The van der Waals surface area contributed by atoms with Gasteiger partial charge in [-0.2, -0.15) is 13.2 Å². The lowest BCUT2D eigenvalue weighted by Gasteiger charge is -2.19. The van der Waals surface area contributed by atoms with Gasteiger partial charge in [-0.1, -0.05) is 12.1 Å². The van der Waals surface area contributed by atoms with Crippen molar-refractivity contribution < 1.29 is 22.8 Å². The maximum Gasteiger partial charge on any atom is 0.416 e. The molecular weight excluding hydrogens is 415 g/mol. The molecule has 0 unspecified atom stereocenters. The first-order valence-electron chi connectivity index (χ1n) is 8.58. The molecule has 0 saturated carbocycles. The van der Waals surface area contributed by atoms with Crippen LogP contribution in [0.3, 0.4) is 0 Å². The fourth-order valence-corrected chi connectivity index (χ4v) is 4.04. The van der Waals surface area contributed by atoms with Crippen LogP contribution in [0.25, 0.3) is 6.08 Å². The van der Waals surface area contributed by atoms with Gasteiger partial charge in [0.2, 0.25) is 11.8 Å². The number of hydrogen-bond acceptors (Lipinski definition) is 4. The van der Waals surface area contributed by atoms with E-state index in [1.165, 1.54) is 24.3 Å². The van der Waals surface area contributed by atoms with Crippen molar-refractivity contribution in [1.29, 1.82) is 0 Å². The van der Waals surface area contributed by atoms with Crippen molar-refractivity contribution in [3.8, 4) is 0 Å². The smallest absolute Gasteiger partial charge is 0.348 e. The highest BCUT2D eigenvalue weighted by Gasteiger charge is 2.33. The summed E-state index contributed by atoms with van der Waals surface area (Å²) >= 11 is 1.72. The summed E-state index contributed by atoms with van der Waals surface area (Å²) in [6.45, 7) is 1.24. The molecule has 2 saturated heterocycles. The zero-order valence-corrected chi connectivity index (χ0v) is 16.5. The normalized spacial score (nSPS) is 22.3. The summed E-state index contributed by atoms with van der Waals surface area (Å²) in [5, 5.41) is 5.91. The van der Waals surface area contributed by atoms with Crippen LogP contribution < -0.4 is 10.6 Å². The Balaban J connectivity index is 0.00000280. The van der Waals surface area contributed by atoms with Gasteiger partial charge < -0.3 is 15.5 Å². The molecule has 0 spiro atoms. The number of benzene rings is 1. The molecule has 2 aliphatic heterocycles. The number of nitrogens with zero attached hydrogens (tertiary/aromatic N) is 1. The Kier molecular flexibility index (Phi) is 7.79. The molecule has 2 N–H and O–H groups in total. The van der Waals surface area contributed by atoms with Crippen LogP contribution in [0.5, 0.6) is 0 Å². The average Bonchev–Trinajstić information content (AvgIpc) is 3.31. The molecule has 2 amide bonds. The van der Waals surface area contributed by atoms with Gasteiger partial charge in [0.25, 0.3) is 0 Å². The van der Waals surface area contributed by atoms with Crippen molar-refractivity contribution in [3.05, 3.63) is 41.5 Å². The number of amides is 2. The van der Waals surface area contributed by atoms with E-state index >= 15 is 0 Å². The average molecular weight is 436 g/mol. The van der Waals surface area contributed by atoms with Crippen LogP contribution in [0.4, 0.5) is 13.2 Å². The van der Waals surface area contributed by atoms with E-state index in [0.29, 0.717) is 24.4 Å². The van der Waals surface area contributed by atoms with Crippen LogP contribution >= 0.6 is 24.2 Å². The summed E-state index contributed by atoms with van der Waals surface area (Å²) in [7, 11) is 0. The molecule has 0 aromatic heterocycles. The topological polar surface area (TPSA) is 61.4 Å². The van der Waals surface area contributed by atoms with Gasteiger partial charge in [0.1, 0.15) is 0 Å². The van der Waals surface area contributed by atoms with E-state index in [2.05, 4.69) is 10.6 Å². The summed E-state index contributed by atoms with van der Waals surface area (Å²) in [5.74, 6) is 1.30. The zero-order valence-electron chi connectivity index (χ0n) is 14.9. The van der Waals surface area contributed by atoms with Gasteiger partial charge >= 0.3 is 6.18 Å². The number of carbonyl (C=O) groups excluding carboxylic acids is 2. The van der Waals surface area contributed by atoms with Crippen molar-refractivity contribution in [1.82, 2.24) is 15.5 Å². The number of alkyl halides is 3. The molecule has 28 heavy (non-hydrogen) atoms. The van der Waals surface area contributed by atoms with E-state index < -0.39 is 17.6 Å². The minimum atomic E-state index is -4.42. The van der Waals surface area contributed by atoms with Gasteiger partial charge in [-0.05, 0) is 30.2 Å². The third-order valence-electron chi connectivity index (χ3n) is 4.48. The Bertz CT molecular complexity index is 739. The summed E-state index contributed by atoms with van der Waals surface area (Å²) in [6, 6.07) is 4.28. The number of hydrogen-bond donors (Lipinski definition) is 2. The number of thioether (sulfide) groups is 1. The van der Waals surface area contributed by atoms with Gasteiger partial charge in [-0.25, -0.2) is 0 Å². The predicted molar refractivity (Wildman–Crippen MR) is 105 cm³/mol. The van der Waals surface area contributed by atoms with Crippen molar-refractivity contribution in [2.45, 2.75) is 24.7 Å². The van der Waals surface area contributed by atoms with Crippen LogP contribution in [0, 0.1) is 0 Å². The molecule has 2 fully saturated rings. The molecule has 2 heterocycles. The maximum atomic E-state index is 12.7. The van der Waals surface area contributed by atoms with E-state index in [1.54, 1.807) is 16.7 Å². The molecule has 154 valence electrons. The molecule has 3 rings (SSSR count). The summed E-state index contributed by atoms with van der Waals surface area (Å²) in [4.78, 5) is 26.2. The van der Waals surface area contributed by atoms with Crippen molar-refractivity contribution in [2.24, 2.45) is 0 Å². The van der Waals surface area contributed by atoms with E-state index in [1.807, 2.05) is 0 Å². The minimum Gasteiger partial charge on any atom is -0.348 e. The van der Waals surface area contributed by atoms with Crippen LogP contribution in [0.15, 0.2) is 30.3 Å². The first kappa shape index (κ1) is 22.6. The van der Waals surface area contributed by atoms with Crippen LogP contribution in [0.2, 0.25) is 0 Å². The number of carbonyl (C=O) groups is 2. The quantitative estimate of drug-likeness (QED) is 0.713.